The summed E-state index contributed by atoms with van der Waals surface area (Å²) in [5.74, 6) is 1.64. The van der Waals surface area contributed by atoms with Crippen molar-refractivity contribution in [3.8, 4) is 17.2 Å². The first kappa shape index (κ1) is 14.1. The van der Waals surface area contributed by atoms with Crippen LogP contribution in [0.5, 0.6) is 17.2 Å². The van der Waals surface area contributed by atoms with Crippen molar-refractivity contribution >= 4 is 11.7 Å². The van der Waals surface area contributed by atoms with Gasteiger partial charge in [-0.1, -0.05) is 0 Å². The summed E-state index contributed by atoms with van der Waals surface area (Å²) in [5.41, 5.74) is 1.60. The van der Waals surface area contributed by atoms with E-state index in [1.54, 1.807) is 21.3 Å². The molecule has 7 nitrogen and oxygen atoms in total. The number of nitrogens with one attached hydrogen (secondary N) is 2. The van der Waals surface area contributed by atoms with Crippen LogP contribution in [0.2, 0.25) is 0 Å². The fourth-order valence-electron chi connectivity index (χ4n) is 2.57. The molecule has 22 heavy (non-hydrogen) atoms. The van der Waals surface area contributed by atoms with E-state index in [0.29, 0.717) is 17.2 Å². The number of methoxy groups -OCH3 is 3. The first-order valence-electron chi connectivity index (χ1n) is 6.72. The molecule has 2 heterocycles. The van der Waals surface area contributed by atoms with Crippen molar-refractivity contribution in [1.82, 2.24) is 10.6 Å². The normalized spacial score (nSPS) is 19.0. The lowest BCUT2D eigenvalue weighted by Gasteiger charge is -2.30. The van der Waals surface area contributed by atoms with Gasteiger partial charge in [0.25, 0.3) is 0 Å². The van der Waals surface area contributed by atoms with Gasteiger partial charge in [0.1, 0.15) is 6.17 Å². The van der Waals surface area contributed by atoms with Gasteiger partial charge in [-0.3, -0.25) is 0 Å². The number of anilines is 1. The highest BCUT2D eigenvalue weighted by molar-refractivity contribution is 5.82. The molecule has 0 aliphatic carbocycles. The number of nitrogens with zero attached hydrogens (tertiary/aromatic N) is 1. The Morgan fingerprint density at radius 2 is 1.77 bits per heavy atom. The van der Waals surface area contributed by atoms with Gasteiger partial charge in [0, 0.05) is 18.3 Å². The molecule has 2 amide bonds. The third-order valence-electron chi connectivity index (χ3n) is 3.57. The molecule has 0 saturated carbocycles. The number of fused-ring (bicyclic) bond motifs is 1. The highest BCUT2D eigenvalue weighted by Crippen LogP contribution is 2.42. The molecule has 0 radical (unpaired) electrons. The molecule has 1 aromatic rings. The van der Waals surface area contributed by atoms with Crippen molar-refractivity contribution < 1.29 is 19.0 Å². The van der Waals surface area contributed by atoms with E-state index in [4.69, 9.17) is 14.2 Å². The monoisotopic (exact) mass is 303 g/mol. The Labute approximate surface area is 128 Å². The van der Waals surface area contributed by atoms with Crippen LogP contribution in [0.3, 0.4) is 0 Å². The molecule has 1 saturated heterocycles. The van der Waals surface area contributed by atoms with E-state index < -0.39 is 0 Å². The lowest BCUT2D eigenvalue weighted by atomic mass is 10.2. The van der Waals surface area contributed by atoms with Crippen molar-refractivity contribution in [2.45, 2.75) is 6.17 Å². The van der Waals surface area contributed by atoms with Gasteiger partial charge in [0.2, 0.25) is 5.75 Å². The van der Waals surface area contributed by atoms with Crippen LogP contribution in [0.4, 0.5) is 10.5 Å². The van der Waals surface area contributed by atoms with Gasteiger partial charge in [-0.15, -0.1) is 0 Å². The number of allylic oxidation sites excluding steroid dienone is 2. The number of urea groups is 1. The van der Waals surface area contributed by atoms with Crippen LogP contribution < -0.4 is 29.7 Å². The van der Waals surface area contributed by atoms with Crippen LogP contribution in [0.25, 0.3) is 0 Å². The summed E-state index contributed by atoms with van der Waals surface area (Å²) in [6, 6.07) is 3.44. The van der Waals surface area contributed by atoms with Gasteiger partial charge in [0.05, 0.1) is 32.7 Å². The molecule has 0 aromatic heterocycles. The van der Waals surface area contributed by atoms with Crippen molar-refractivity contribution in [3.63, 3.8) is 0 Å². The number of hydrogen-bond donors (Lipinski definition) is 2. The third-order valence-corrected chi connectivity index (χ3v) is 3.57. The van der Waals surface area contributed by atoms with Crippen LogP contribution in [0, 0.1) is 0 Å². The van der Waals surface area contributed by atoms with Crippen LogP contribution >= 0.6 is 0 Å². The van der Waals surface area contributed by atoms with Gasteiger partial charge in [-0.25, -0.2) is 4.79 Å². The van der Waals surface area contributed by atoms with E-state index in [2.05, 4.69) is 10.6 Å². The summed E-state index contributed by atoms with van der Waals surface area (Å²) < 4.78 is 16.1. The number of ether oxygens (including phenoxy) is 3. The van der Waals surface area contributed by atoms with Crippen molar-refractivity contribution in [3.05, 3.63) is 36.2 Å². The van der Waals surface area contributed by atoms with Gasteiger partial charge >= 0.3 is 6.03 Å². The number of benzene rings is 1. The average molecular weight is 303 g/mol. The molecule has 7 heteroatoms. The van der Waals surface area contributed by atoms with Crippen LogP contribution in [-0.2, 0) is 0 Å². The van der Waals surface area contributed by atoms with Crippen molar-refractivity contribution in [2.75, 3.05) is 26.2 Å². The second-order valence-corrected chi connectivity index (χ2v) is 4.76. The molecule has 0 bridgehead atoms. The lowest BCUT2D eigenvalue weighted by molar-refractivity contribution is 0.247. The van der Waals surface area contributed by atoms with E-state index in [1.165, 1.54) is 0 Å². The van der Waals surface area contributed by atoms with Gasteiger partial charge in [0.15, 0.2) is 11.5 Å². The second kappa shape index (κ2) is 5.51. The Morgan fingerprint density at radius 3 is 2.36 bits per heavy atom. The molecule has 116 valence electrons. The quantitative estimate of drug-likeness (QED) is 0.883. The zero-order valence-corrected chi connectivity index (χ0v) is 12.5. The standard InChI is InChI=1S/C15H17N3O4/c1-20-11-7-9(8-12(21-2)13(11)22-3)18-6-4-5-10-14(18)17-15(19)16-10/h4-8,14H,1-3H3,(H2,16,17,19). The lowest BCUT2D eigenvalue weighted by Crippen LogP contribution is -2.41. The molecular weight excluding hydrogens is 286 g/mol. The van der Waals surface area contributed by atoms with Crippen molar-refractivity contribution in [2.24, 2.45) is 0 Å². The Bertz CT molecular complexity index is 644. The fraction of sp³-hybridized carbons (Fsp3) is 0.267. The SMILES string of the molecule is COc1cc(N2C=CC=C3NC(=O)NC32)cc(OC)c1OC. The van der Waals surface area contributed by atoms with Crippen LogP contribution in [-0.4, -0.2) is 33.5 Å². The minimum Gasteiger partial charge on any atom is -0.493 e. The minimum absolute atomic E-state index is 0.225. The summed E-state index contributed by atoms with van der Waals surface area (Å²) in [6.45, 7) is 0. The largest absolute Gasteiger partial charge is 0.493 e. The fourth-order valence-corrected chi connectivity index (χ4v) is 2.57. The molecular formula is C15H17N3O4. The summed E-state index contributed by atoms with van der Waals surface area (Å²) in [6.07, 6.45) is 5.32. The Hall–Kier alpha value is -2.83. The first-order chi connectivity index (χ1) is 10.7. The van der Waals surface area contributed by atoms with E-state index in [1.807, 2.05) is 35.4 Å². The Kier molecular flexibility index (Phi) is 3.54. The molecule has 1 aromatic carbocycles. The summed E-state index contributed by atoms with van der Waals surface area (Å²) >= 11 is 0. The van der Waals surface area contributed by atoms with Gasteiger partial charge < -0.3 is 29.7 Å². The second-order valence-electron chi connectivity index (χ2n) is 4.76. The highest BCUT2D eigenvalue weighted by atomic mass is 16.5. The Morgan fingerprint density at radius 1 is 1.09 bits per heavy atom. The summed E-state index contributed by atoms with van der Waals surface area (Å²) in [5, 5.41) is 5.62. The maximum atomic E-state index is 11.5. The number of carbonyl (C=O) groups is 1. The molecule has 3 rings (SSSR count). The number of carbonyl (C=O) groups excluding carboxylic acids is 1. The number of amides is 2. The van der Waals surface area contributed by atoms with Crippen LogP contribution in [0.1, 0.15) is 0 Å². The van der Waals surface area contributed by atoms with E-state index in [-0.39, 0.29) is 12.2 Å². The van der Waals surface area contributed by atoms with E-state index in [0.717, 1.165) is 11.4 Å². The van der Waals surface area contributed by atoms with E-state index >= 15 is 0 Å². The first-order valence-corrected chi connectivity index (χ1v) is 6.72. The molecule has 2 N–H and O–H groups in total. The predicted octanol–water partition coefficient (Wildman–Crippen LogP) is 1.57. The number of rotatable bonds is 4. The van der Waals surface area contributed by atoms with Crippen LogP contribution in [0.15, 0.2) is 36.2 Å². The molecule has 1 atom stereocenters. The average Bonchev–Trinajstić information content (AvgIpc) is 2.93. The zero-order chi connectivity index (χ0) is 15.7. The minimum atomic E-state index is -0.277. The summed E-state index contributed by atoms with van der Waals surface area (Å²) in [4.78, 5) is 13.5. The van der Waals surface area contributed by atoms with Gasteiger partial charge in [-0.05, 0) is 12.2 Å². The molecule has 1 unspecified atom stereocenters. The molecule has 0 spiro atoms. The third kappa shape index (κ3) is 2.20. The zero-order valence-electron chi connectivity index (χ0n) is 12.5. The smallest absolute Gasteiger partial charge is 0.321 e. The summed E-state index contributed by atoms with van der Waals surface area (Å²) in [7, 11) is 4.69. The van der Waals surface area contributed by atoms with Gasteiger partial charge in [-0.2, -0.15) is 0 Å². The maximum Gasteiger partial charge on any atom is 0.321 e. The van der Waals surface area contributed by atoms with Crippen molar-refractivity contribution in [1.29, 1.82) is 0 Å². The van der Waals surface area contributed by atoms with E-state index in [9.17, 15) is 4.79 Å². The molecule has 2 aliphatic rings. The maximum absolute atomic E-state index is 11.5. The predicted molar refractivity (Wildman–Crippen MR) is 81.3 cm³/mol. The molecule has 1 fully saturated rings. The Balaban J connectivity index is 2.03. The topological polar surface area (TPSA) is 72.1 Å². The molecule has 2 aliphatic heterocycles. The number of hydrogen-bond acceptors (Lipinski definition) is 5. The highest BCUT2D eigenvalue weighted by Gasteiger charge is 2.32.